The summed E-state index contributed by atoms with van der Waals surface area (Å²) in [6.07, 6.45) is 0. The van der Waals surface area contributed by atoms with Crippen LogP contribution in [0.25, 0.3) is 0 Å². The van der Waals surface area contributed by atoms with E-state index < -0.39 is 0 Å². The molecule has 4 nitrogen and oxygen atoms in total. The molecule has 0 saturated carbocycles. The Morgan fingerprint density at radius 3 is 3.00 bits per heavy atom. The van der Waals surface area contributed by atoms with E-state index in [4.69, 9.17) is 5.73 Å². The molecule has 0 aromatic rings. The van der Waals surface area contributed by atoms with Crippen LogP contribution in [0.3, 0.4) is 0 Å². The Hall–Kier alpha value is -0.330. The summed E-state index contributed by atoms with van der Waals surface area (Å²) in [6.45, 7) is 0.661. The molecule has 2 N–H and O–H groups in total. The number of halogens is 1. The van der Waals surface area contributed by atoms with E-state index in [1.807, 2.05) is 0 Å². The molecule has 1 aliphatic rings. The third kappa shape index (κ3) is 1.39. The molecule has 0 saturated heterocycles. The number of carbonyl (C=O) groups excluding carboxylic acids is 1. The van der Waals surface area contributed by atoms with Gasteiger partial charge in [0, 0.05) is 13.6 Å². The Morgan fingerprint density at radius 2 is 2.50 bits per heavy atom. The lowest BCUT2D eigenvalue weighted by molar-refractivity contribution is 0.218. The molecule has 0 aromatic heterocycles. The Kier molecular flexibility index (Phi) is 2.12. The number of amides is 2. The van der Waals surface area contributed by atoms with Crippen LogP contribution in [0.1, 0.15) is 0 Å². The lowest BCUT2D eigenvalue weighted by Crippen LogP contribution is -2.42. The van der Waals surface area contributed by atoms with Gasteiger partial charge in [-0.1, -0.05) is 22.6 Å². The maximum absolute atomic E-state index is 10.8. The summed E-state index contributed by atoms with van der Waals surface area (Å²) in [5.74, 6) is 0.434. The third-order valence-corrected chi connectivity index (χ3v) is 2.34. The molecule has 1 unspecified atom stereocenters. The lowest BCUT2D eigenvalue weighted by Gasteiger charge is -2.22. The minimum Gasteiger partial charge on any atom is -0.386 e. The smallest absolute Gasteiger partial charge is 0.345 e. The Labute approximate surface area is 72.6 Å². The minimum absolute atomic E-state index is 0.167. The maximum atomic E-state index is 10.8. The van der Waals surface area contributed by atoms with E-state index in [0.29, 0.717) is 12.4 Å². The van der Waals surface area contributed by atoms with Gasteiger partial charge in [0.1, 0.15) is 5.84 Å². The summed E-state index contributed by atoms with van der Waals surface area (Å²) < 4.78 is 0.167. The largest absolute Gasteiger partial charge is 0.386 e. The highest BCUT2D eigenvalue weighted by Crippen LogP contribution is 2.08. The highest BCUT2D eigenvalue weighted by molar-refractivity contribution is 14.1. The number of urea groups is 1. The van der Waals surface area contributed by atoms with Gasteiger partial charge in [0.25, 0.3) is 0 Å². The first-order valence-electron chi connectivity index (χ1n) is 2.84. The first-order valence-corrected chi connectivity index (χ1v) is 4.09. The van der Waals surface area contributed by atoms with Crippen molar-refractivity contribution in [1.29, 1.82) is 0 Å². The summed E-state index contributed by atoms with van der Waals surface area (Å²) in [7, 11) is 1.71. The fraction of sp³-hybridized carbons (Fsp3) is 0.600. The maximum Gasteiger partial charge on any atom is 0.345 e. The van der Waals surface area contributed by atoms with Crippen LogP contribution in [0.15, 0.2) is 4.99 Å². The fourth-order valence-corrected chi connectivity index (χ4v) is 1.41. The van der Waals surface area contributed by atoms with Crippen LogP contribution in [0, 0.1) is 0 Å². The van der Waals surface area contributed by atoms with Gasteiger partial charge in [-0.3, -0.25) is 0 Å². The minimum atomic E-state index is -0.245. The molecule has 1 rings (SSSR count). The molecular formula is C5H8IN3O. The summed E-state index contributed by atoms with van der Waals surface area (Å²) in [5, 5.41) is 0. The zero-order chi connectivity index (χ0) is 7.72. The van der Waals surface area contributed by atoms with Crippen molar-refractivity contribution in [3.63, 3.8) is 0 Å². The summed E-state index contributed by atoms with van der Waals surface area (Å²) in [4.78, 5) is 16.0. The summed E-state index contributed by atoms with van der Waals surface area (Å²) >= 11 is 2.16. The molecule has 0 aliphatic carbocycles. The van der Waals surface area contributed by atoms with Crippen LogP contribution in [0.5, 0.6) is 0 Å². The van der Waals surface area contributed by atoms with Gasteiger partial charge < -0.3 is 10.6 Å². The number of nitrogens with two attached hydrogens (primary N) is 1. The number of carbonyl (C=O) groups is 1. The van der Waals surface area contributed by atoms with Crippen molar-refractivity contribution in [3.8, 4) is 0 Å². The molecule has 56 valence electrons. The molecule has 0 bridgehead atoms. The van der Waals surface area contributed by atoms with E-state index in [9.17, 15) is 4.79 Å². The molecular weight excluding hydrogens is 245 g/mol. The van der Waals surface area contributed by atoms with Crippen molar-refractivity contribution < 1.29 is 4.79 Å². The standard InChI is InChI=1S/C5H8IN3O/c1-9-2-3(6)4(7)8-5(9)10/h3H,2H2,1H3,(H2,7,8,10). The summed E-state index contributed by atoms with van der Waals surface area (Å²) in [5.41, 5.74) is 5.43. The van der Waals surface area contributed by atoms with Crippen LogP contribution in [0.4, 0.5) is 4.79 Å². The second-order valence-electron chi connectivity index (χ2n) is 2.17. The number of alkyl halides is 1. The van der Waals surface area contributed by atoms with Gasteiger partial charge in [0.2, 0.25) is 0 Å². The number of rotatable bonds is 0. The van der Waals surface area contributed by atoms with Gasteiger partial charge in [-0.15, -0.1) is 0 Å². The topological polar surface area (TPSA) is 58.7 Å². The number of amidine groups is 1. The van der Waals surface area contributed by atoms with Crippen molar-refractivity contribution in [1.82, 2.24) is 4.90 Å². The third-order valence-electron chi connectivity index (χ3n) is 1.31. The Balaban J connectivity index is 2.79. The molecule has 0 fully saturated rings. The van der Waals surface area contributed by atoms with Crippen LogP contribution in [-0.4, -0.2) is 34.3 Å². The van der Waals surface area contributed by atoms with Gasteiger partial charge in [-0.2, -0.15) is 4.99 Å². The number of aliphatic imine (C=N–C) groups is 1. The quantitative estimate of drug-likeness (QED) is 0.495. The SMILES string of the molecule is CN1CC(I)C(N)=NC1=O. The van der Waals surface area contributed by atoms with Gasteiger partial charge in [0.05, 0.1) is 3.92 Å². The molecule has 1 atom stereocenters. The van der Waals surface area contributed by atoms with E-state index >= 15 is 0 Å². The zero-order valence-corrected chi connectivity index (χ0v) is 7.70. The van der Waals surface area contributed by atoms with Crippen LogP contribution >= 0.6 is 22.6 Å². The number of nitrogens with zero attached hydrogens (tertiary/aromatic N) is 2. The molecule has 5 heteroatoms. The molecule has 1 heterocycles. The lowest BCUT2D eigenvalue weighted by atomic mass is 10.3. The second kappa shape index (κ2) is 2.73. The first-order chi connectivity index (χ1) is 4.61. The van der Waals surface area contributed by atoms with Gasteiger partial charge in [0.15, 0.2) is 0 Å². The van der Waals surface area contributed by atoms with Crippen molar-refractivity contribution in [2.75, 3.05) is 13.6 Å². The molecule has 1 aliphatic heterocycles. The van der Waals surface area contributed by atoms with Crippen molar-refractivity contribution in [2.24, 2.45) is 10.7 Å². The molecule has 0 spiro atoms. The van der Waals surface area contributed by atoms with Gasteiger partial charge in [-0.05, 0) is 0 Å². The van der Waals surface area contributed by atoms with Gasteiger partial charge >= 0.3 is 6.03 Å². The zero-order valence-electron chi connectivity index (χ0n) is 5.54. The van der Waals surface area contributed by atoms with E-state index in [0.717, 1.165) is 0 Å². The Morgan fingerprint density at radius 1 is 1.90 bits per heavy atom. The van der Waals surface area contributed by atoms with Crippen molar-refractivity contribution >= 4 is 34.5 Å². The number of hydrogen-bond acceptors (Lipinski definition) is 2. The van der Waals surface area contributed by atoms with Crippen molar-refractivity contribution in [3.05, 3.63) is 0 Å². The molecule has 2 amide bonds. The average Bonchev–Trinajstić information content (AvgIpc) is 1.84. The van der Waals surface area contributed by atoms with Crippen LogP contribution in [-0.2, 0) is 0 Å². The average molecular weight is 253 g/mol. The van der Waals surface area contributed by atoms with E-state index in [1.165, 1.54) is 0 Å². The monoisotopic (exact) mass is 253 g/mol. The highest BCUT2D eigenvalue weighted by Gasteiger charge is 2.21. The van der Waals surface area contributed by atoms with E-state index in [-0.39, 0.29) is 9.96 Å². The van der Waals surface area contributed by atoms with Crippen LogP contribution in [0.2, 0.25) is 0 Å². The molecule has 0 aromatic carbocycles. The number of hydrogen-bond donors (Lipinski definition) is 1. The fourth-order valence-electron chi connectivity index (χ4n) is 0.678. The van der Waals surface area contributed by atoms with E-state index in [1.54, 1.807) is 11.9 Å². The Bertz CT molecular complexity index is 191. The van der Waals surface area contributed by atoms with Crippen LogP contribution < -0.4 is 5.73 Å². The predicted molar refractivity (Wildman–Crippen MR) is 47.5 cm³/mol. The van der Waals surface area contributed by atoms with E-state index in [2.05, 4.69) is 27.6 Å². The van der Waals surface area contributed by atoms with Gasteiger partial charge in [-0.25, -0.2) is 4.79 Å². The molecule has 10 heavy (non-hydrogen) atoms. The second-order valence-corrected chi connectivity index (χ2v) is 3.67. The van der Waals surface area contributed by atoms with Crippen molar-refractivity contribution in [2.45, 2.75) is 3.92 Å². The highest BCUT2D eigenvalue weighted by atomic mass is 127. The predicted octanol–water partition coefficient (Wildman–Crippen LogP) is 0.213. The molecule has 0 radical (unpaired) electrons. The first kappa shape index (κ1) is 7.77. The normalized spacial score (nSPS) is 26.6. The summed E-state index contributed by atoms with van der Waals surface area (Å²) in [6, 6.07) is -0.245.